The van der Waals surface area contributed by atoms with Gasteiger partial charge in [-0.3, -0.25) is 0 Å². The summed E-state index contributed by atoms with van der Waals surface area (Å²) in [6.45, 7) is 4.01. The summed E-state index contributed by atoms with van der Waals surface area (Å²) in [5.41, 5.74) is 8.90. The topological polar surface area (TPSA) is 0 Å². The Morgan fingerprint density at radius 2 is 0.966 bits per heavy atom. The highest BCUT2D eigenvalue weighted by atomic mass is 19.1. The summed E-state index contributed by atoms with van der Waals surface area (Å²) in [7, 11) is 0. The Bertz CT molecular complexity index is 1090. The van der Waals surface area contributed by atoms with Crippen LogP contribution in [0.3, 0.4) is 0 Å². The van der Waals surface area contributed by atoms with Gasteiger partial charge in [0, 0.05) is 5.56 Å². The lowest BCUT2D eigenvalue weighted by Gasteiger charge is -2.08. The third kappa shape index (κ3) is 4.63. The molecule has 0 unspecified atom stereocenters. The van der Waals surface area contributed by atoms with Crippen molar-refractivity contribution < 1.29 is 4.39 Å². The van der Waals surface area contributed by atoms with Crippen molar-refractivity contribution in [1.82, 2.24) is 0 Å². The van der Waals surface area contributed by atoms with E-state index in [1.807, 2.05) is 31.2 Å². The van der Waals surface area contributed by atoms with Crippen molar-refractivity contribution in [2.24, 2.45) is 0 Å². The van der Waals surface area contributed by atoms with Crippen LogP contribution in [0.25, 0.3) is 22.3 Å². The van der Waals surface area contributed by atoms with E-state index in [-0.39, 0.29) is 5.82 Å². The maximum Gasteiger partial charge on any atom is 0.131 e. The molecule has 4 rings (SSSR count). The quantitative estimate of drug-likeness (QED) is 0.335. The molecule has 0 aliphatic rings. The average molecular weight is 381 g/mol. The predicted octanol–water partition coefficient (Wildman–Crippen LogP) is 7.56. The van der Waals surface area contributed by atoms with Gasteiger partial charge in [0.2, 0.25) is 0 Å². The molecular weight excluding hydrogens is 355 g/mol. The number of halogens is 1. The van der Waals surface area contributed by atoms with Crippen LogP contribution in [-0.4, -0.2) is 0 Å². The van der Waals surface area contributed by atoms with Crippen LogP contribution in [0.2, 0.25) is 0 Å². The van der Waals surface area contributed by atoms with E-state index in [0.29, 0.717) is 5.56 Å². The molecule has 0 N–H and O–H groups in total. The highest BCUT2D eigenvalue weighted by Crippen LogP contribution is 2.25. The van der Waals surface area contributed by atoms with Crippen LogP contribution in [0.4, 0.5) is 4.39 Å². The summed E-state index contributed by atoms with van der Waals surface area (Å²) in [6.07, 6.45) is 1.97. The fourth-order valence-corrected chi connectivity index (χ4v) is 3.60. The van der Waals surface area contributed by atoms with Gasteiger partial charge in [-0.1, -0.05) is 90.5 Å². The van der Waals surface area contributed by atoms with Gasteiger partial charge in [0.15, 0.2) is 0 Å². The fraction of sp³-hybridized carbons (Fsp3) is 0.143. The van der Waals surface area contributed by atoms with Crippen molar-refractivity contribution in [3.63, 3.8) is 0 Å². The fourth-order valence-electron chi connectivity index (χ4n) is 3.60. The molecule has 0 bridgehead atoms. The maximum atomic E-state index is 14.2. The highest BCUT2D eigenvalue weighted by molar-refractivity contribution is 5.65. The van der Waals surface area contributed by atoms with E-state index < -0.39 is 0 Å². The van der Waals surface area contributed by atoms with E-state index in [4.69, 9.17) is 0 Å². The van der Waals surface area contributed by atoms with Crippen LogP contribution in [0.1, 0.15) is 22.3 Å². The Labute approximate surface area is 172 Å². The summed E-state index contributed by atoms with van der Waals surface area (Å²) in [4.78, 5) is 0. The molecule has 0 fully saturated rings. The lowest BCUT2D eigenvalue weighted by molar-refractivity contribution is 0.630. The maximum absolute atomic E-state index is 14.2. The Morgan fingerprint density at radius 3 is 1.48 bits per heavy atom. The monoisotopic (exact) mass is 380 g/mol. The molecule has 0 aliphatic carbocycles. The summed E-state index contributed by atoms with van der Waals surface area (Å²) >= 11 is 0. The van der Waals surface area contributed by atoms with Crippen LogP contribution >= 0.6 is 0 Å². The zero-order valence-corrected chi connectivity index (χ0v) is 17.0. The number of rotatable bonds is 5. The normalized spacial score (nSPS) is 10.9. The van der Waals surface area contributed by atoms with Gasteiger partial charge in [0.1, 0.15) is 5.82 Å². The Kier molecular flexibility index (Phi) is 5.57. The van der Waals surface area contributed by atoms with E-state index in [0.717, 1.165) is 24.0 Å². The van der Waals surface area contributed by atoms with Crippen molar-refractivity contribution in [3.8, 4) is 22.3 Å². The third-order valence-electron chi connectivity index (χ3n) is 5.43. The molecule has 0 heterocycles. The minimum Gasteiger partial charge on any atom is -0.206 e. The molecule has 0 aliphatic heterocycles. The average Bonchev–Trinajstić information content (AvgIpc) is 2.74. The van der Waals surface area contributed by atoms with Crippen LogP contribution in [-0.2, 0) is 12.8 Å². The smallest absolute Gasteiger partial charge is 0.131 e. The van der Waals surface area contributed by atoms with E-state index in [9.17, 15) is 4.39 Å². The Morgan fingerprint density at radius 1 is 0.517 bits per heavy atom. The number of hydrogen-bond donors (Lipinski definition) is 0. The molecule has 0 amide bonds. The molecular formula is C28H25F. The van der Waals surface area contributed by atoms with Crippen LogP contribution in [0.5, 0.6) is 0 Å². The minimum absolute atomic E-state index is 0.161. The minimum atomic E-state index is -0.161. The second-order valence-electron chi connectivity index (χ2n) is 7.74. The van der Waals surface area contributed by atoms with E-state index >= 15 is 0 Å². The van der Waals surface area contributed by atoms with Crippen LogP contribution in [0, 0.1) is 19.7 Å². The van der Waals surface area contributed by atoms with E-state index in [1.165, 1.54) is 27.8 Å². The zero-order chi connectivity index (χ0) is 20.2. The van der Waals surface area contributed by atoms with Gasteiger partial charge >= 0.3 is 0 Å². The number of benzene rings is 4. The Hall–Kier alpha value is -3.19. The molecule has 4 aromatic rings. The van der Waals surface area contributed by atoms with Gasteiger partial charge < -0.3 is 0 Å². The van der Waals surface area contributed by atoms with E-state index in [2.05, 4.69) is 67.6 Å². The van der Waals surface area contributed by atoms with Gasteiger partial charge in [-0.2, -0.15) is 0 Å². The first-order chi connectivity index (χ1) is 14.1. The van der Waals surface area contributed by atoms with Crippen molar-refractivity contribution in [2.45, 2.75) is 26.7 Å². The van der Waals surface area contributed by atoms with Crippen molar-refractivity contribution in [1.29, 1.82) is 0 Å². The summed E-state index contributed by atoms with van der Waals surface area (Å²) in [6, 6.07) is 31.1. The second kappa shape index (κ2) is 8.45. The molecule has 0 radical (unpaired) electrons. The van der Waals surface area contributed by atoms with Gasteiger partial charge in [-0.15, -0.1) is 0 Å². The largest absolute Gasteiger partial charge is 0.206 e. The molecule has 0 nitrogen and oxygen atoms in total. The van der Waals surface area contributed by atoms with Gasteiger partial charge in [0.05, 0.1) is 0 Å². The molecule has 0 saturated carbocycles. The summed E-state index contributed by atoms with van der Waals surface area (Å²) in [5, 5.41) is 0. The van der Waals surface area contributed by atoms with Crippen LogP contribution < -0.4 is 0 Å². The number of hydrogen-bond acceptors (Lipinski definition) is 0. The molecule has 144 valence electrons. The molecule has 0 spiro atoms. The van der Waals surface area contributed by atoms with E-state index in [1.54, 1.807) is 6.07 Å². The molecule has 0 aromatic heterocycles. The molecule has 0 atom stereocenters. The van der Waals surface area contributed by atoms with Gasteiger partial charge in [0.25, 0.3) is 0 Å². The zero-order valence-electron chi connectivity index (χ0n) is 17.0. The first-order valence-corrected chi connectivity index (χ1v) is 10.1. The van der Waals surface area contributed by atoms with Crippen molar-refractivity contribution in [3.05, 3.63) is 119 Å². The first kappa shape index (κ1) is 19.1. The third-order valence-corrected chi connectivity index (χ3v) is 5.43. The first-order valence-electron chi connectivity index (χ1n) is 10.1. The van der Waals surface area contributed by atoms with Crippen molar-refractivity contribution >= 4 is 0 Å². The number of aryl methyl sites for hydroxylation is 4. The molecule has 29 heavy (non-hydrogen) atoms. The standard InChI is InChI=1S/C28H25F/c1-20-3-12-24(13-4-20)25-14-8-22(9-15-25)6-7-23-10-16-26(17-11-23)27-18-5-21(2)19-28(27)29/h3-5,8-19H,6-7H2,1-2H3. The van der Waals surface area contributed by atoms with Gasteiger partial charge in [-0.05, 0) is 66.1 Å². The highest BCUT2D eigenvalue weighted by Gasteiger charge is 2.05. The SMILES string of the molecule is Cc1ccc(-c2ccc(CCc3ccc(-c4ccc(C)cc4F)cc3)cc2)cc1. The lowest BCUT2D eigenvalue weighted by Crippen LogP contribution is -1.92. The van der Waals surface area contributed by atoms with Gasteiger partial charge in [-0.25, -0.2) is 4.39 Å². The summed E-state index contributed by atoms with van der Waals surface area (Å²) in [5.74, 6) is -0.161. The molecule has 0 saturated heterocycles. The Balaban J connectivity index is 1.40. The predicted molar refractivity (Wildman–Crippen MR) is 121 cm³/mol. The molecule has 1 heteroatoms. The summed E-state index contributed by atoms with van der Waals surface area (Å²) < 4.78 is 14.2. The second-order valence-corrected chi connectivity index (χ2v) is 7.74. The van der Waals surface area contributed by atoms with Crippen molar-refractivity contribution in [2.75, 3.05) is 0 Å². The molecule has 4 aromatic carbocycles. The lowest BCUT2D eigenvalue weighted by atomic mass is 9.98. The van der Waals surface area contributed by atoms with Crippen LogP contribution in [0.15, 0.2) is 91.0 Å².